The van der Waals surface area contributed by atoms with E-state index in [0.29, 0.717) is 5.71 Å². The molecule has 0 spiro atoms. The molecule has 3 N–H and O–H groups in total. The van der Waals surface area contributed by atoms with Crippen molar-refractivity contribution in [3.8, 4) is 11.4 Å². The number of nitrogens with zero attached hydrogens (tertiary/aromatic N) is 2. The maximum Gasteiger partial charge on any atom is 0.130 e. The molecule has 0 aliphatic carbocycles. The van der Waals surface area contributed by atoms with Gasteiger partial charge in [0.05, 0.1) is 17.1 Å². The van der Waals surface area contributed by atoms with Crippen molar-refractivity contribution in [2.45, 2.75) is 27.2 Å². The zero-order valence-corrected chi connectivity index (χ0v) is 14.1. The van der Waals surface area contributed by atoms with Gasteiger partial charge < -0.3 is 15.4 Å². The second-order valence-electron chi connectivity index (χ2n) is 5.84. The molecule has 0 amide bonds. The van der Waals surface area contributed by atoms with Crippen molar-refractivity contribution in [1.29, 1.82) is 5.41 Å². The molecule has 122 valence electrons. The molecule has 0 radical (unpaired) electrons. The summed E-state index contributed by atoms with van der Waals surface area (Å²) in [6.07, 6.45) is 7.94. The molecule has 0 saturated carbocycles. The molecule has 3 aromatic heterocycles. The van der Waals surface area contributed by atoms with Crippen LogP contribution in [0, 0.1) is 19.3 Å². The predicted octanol–water partition coefficient (Wildman–Crippen LogP) is 4.06. The van der Waals surface area contributed by atoms with Gasteiger partial charge >= 0.3 is 0 Å². The largest absolute Gasteiger partial charge is 0.357 e. The fourth-order valence-electron chi connectivity index (χ4n) is 2.59. The summed E-state index contributed by atoms with van der Waals surface area (Å²) in [5, 5.41) is 8.26. The molecule has 0 atom stereocenters. The molecular formula is C19H21N5. The molecule has 0 saturated heterocycles. The molecule has 24 heavy (non-hydrogen) atoms. The third kappa shape index (κ3) is 3.35. The van der Waals surface area contributed by atoms with Crippen LogP contribution in [0.25, 0.3) is 17.5 Å². The number of pyridine rings is 1. The average molecular weight is 319 g/mol. The highest BCUT2D eigenvalue weighted by Crippen LogP contribution is 2.22. The third-order valence-corrected chi connectivity index (χ3v) is 3.88. The summed E-state index contributed by atoms with van der Waals surface area (Å²) < 4.78 is 0. The first-order valence-corrected chi connectivity index (χ1v) is 8.00. The van der Waals surface area contributed by atoms with Gasteiger partial charge in [-0.1, -0.05) is 6.92 Å². The van der Waals surface area contributed by atoms with Crippen molar-refractivity contribution >= 4 is 11.8 Å². The zero-order valence-electron chi connectivity index (χ0n) is 14.1. The molecule has 5 heteroatoms. The number of hydrogen-bond acceptors (Lipinski definition) is 3. The van der Waals surface area contributed by atoms with Crippen molar-refractivity contribution in [1.82, 2.24) is 19.9 Å². The number of hydrogen-bond donors (Lipinski definition) is 3. The van der Waals surface area contributed by atoms with Crippen molar-refractivity contribution in [2.75, 3.05) is 0 Å². The molecule has 0 fully saturated rings. The second kappa shape index (κ2) is 6.66. The number of allylic oxidation sites excluding steroid dienone is 1. The van der Waals surface area contributed by atoms with Crippen molar-refractivity contribution in [3.63, 3.8) is 0 Å². The summed E-state index contributed by atoms with van der Waals surface area (Å²) in [5.41, 5.74) is 6.43. The molecular weight excluding hydrogens is 298 g/mol. The molecule has 0 unspecified atom stereocenters. The Balaban J connectivity index is 1.86. The van der Waals surface area contributed by atoms with Crippen LogP contribution in [-0.2, 0) is 6.42 Å². The van der Waals surface area contributed by atoms with E-state index in [4.69, 9.17) is 5.41 Å². The highest BCUT2D eigenvalue weighted by Gasteiger charge is 2.10. The normalized spacial score (nSPS) is 11.3. The Morgan fingerprint density at radius 3 is 2.58 bits per heavy atom. The van der Waals surface area contributed by atoms with Gasteiger partial charge in [-0.3, -0.25) is 4.98 Å². The van der Waals surface area contributed by atoms with Gasteiger partial charge in [0.25, 0.3) is 0 Å². The highest BCUT2D eigenvalue weighted by molar-refractivity contribution is 6.08. The summed E-state index contributed by atoms with van der Waals surface area (Å²) in [5.74, 6) is 0.749. The minimum atomic E-state index is 0.417. The van der Waals surface area contributed by atoms with Crippen LogP contribution in [0.5, 0.6) is 0 Å². The molecule has 5 nitrogen and oxygen atoms in total. The van der Waals surface area contributed by atoms with E-state index >= 15 is 0 Å². The zero-order chi connectivity index (χ0) is 17.1. The maximum atomic E-state index is 8.26. The van der Waals surface area contributed by atoms with Gasteiger partial charge in [-0.05, 0) is 56.2 Å². The summed E-state index contributed by atoms with van der Waals surface area (Å²) in [6.45, 7) is 6.08. The van der Waals surface area contributed by atoms with E-state index in [1.807, 2.05) is 38.1 Å². The Morgan fingerprint density at radius 1 is 1.12 bits per heavy atom. The SMILES string of the molecule is CCc1cc(C(=N)/C=C\c2ncc(C)[nH]2)cnc1-c1ccc(C)[nH]1. The van der Waals surface area contributed by atoms with Crippen molar-refractivity contribution in [3.05, 3.63) is 65.0 Å². The quantitative estimate of drug-likeness (QED) is 0.620. The van der Waals surface area contributed by atoms with Gasteiger partial charge in [0.2, 0.25) is 0 Å². The topological polar surface area (TPSA) is 81.2 Å². The number of imidazole rings is 1. The maximum absolute atomic E-state index is 8.26. The van der Waals surface area contributed by atoms with Crippen LogP contribution in [0.1, 0.15) is 35.3 Å². The Labute approximate surface area is 141 Å². The van der Waals surface area contributed by atoms with E-state index in [1.165, 1.54) is 0 Å². The first kappa shape index (κ1) is 15.9. The first-order chi connectivity index (χ1) is 11.6. The van der Waals surface area contributed by atoms with Gasteiger partial charge in [0.1, 0.15) is 5.82 Å². The molecule has 0 aliphatic rings. The smallest absolute Gasteiger partial charge is 0.130 e. The Bertz CT molecular complexity index is 898. The first-order valence-electron chi connectivity index (χ1n) is 8.00. The van der Waals surface area contributed by atoms with E-state index in [1.54, 1.807) is 18.5 Å². The van der Waals surface area contributed by atoms with Gasteiger partial charge in [0.15, 0.2) is 0 Å². The summed E-state index contributed by atoms with van der Waals surface area (Å²) in [4.78, 5) is 15.2. The fraction of sp³-hybridized carbons (Fsp3) is 0.211. The lowest BCUT2D eigenvalue weighted by molar-refractivity contribution is 1.09. The lowest BCUT2D eigenvalue weighted by Crippen LogP contribution is -2.00. The number of nitrogens with one attached hydrogen (secondary N) is 3. The standard InChI is InChI=1S/C19H21N5/c1-4-14-9-15(11-22-19(14)17-7-5-12(2)23-17)16(20)6-8-18-21-10-13(3)24-18/h5-11,20,23H,4H2,1-3H3,(H,21,24)/b8-6-,20-16?. The Hall–Kier alpha value is -2.95. The monoisotopic (exact) mass is 319 g/mol. The molecule has 0 bridgehead atoms. The highest BCUT2D eigenvalue weighted by atomic mass is 14.9. The van der Waals surface area contributed by atoms with E-state index in [2.05, 4.69) is 26.9 Å². The molecule has 0 aliphatic heterocycles. The molecule has 3 heterocycles. The lowest BCUT2D eigenvalue weighted by Gasteiger charge is -2.08. The fourth-order valence-corrected chi connectivity index (χ4v) is 2.59. The summed E-state index contributed by atoms with van der Waals surface area (Å²) in [6, 6.07) is 6.13. The van der Waals surface area contributed by atoms with E-state index in [9.17, 15) is 0 Å². The minimum Gasteiger partial charge on any atom is -0.357 e. The Morgan fingerprint density at radius 2 is 1.96 bits per heavy atom. The third-order valence-electron chi connectivity index (χ3n) is 3.88. The van der Waals surface area contributed by atoms with Gasteiger partial charge in [-0.15, -0.1) is 0 Å². The van der Waals surface area contributed by atoms with Crippen LogP contribution in [0.3, 0.4) is 0 Å². The number of aromatic nitrogens is 4. The second-order valence-corrected chi connectivity index (χ2v) is 5.84. The van der Waals surface area contributed by atoms with E-state index < -0.39 is 0 Å². The van der Waals surface area contributed by atoms with Gasteiger partial charge in [-0.2, -0.15) is 0 Å². The van der Waals surface area contributed by atoms with Crippen LogP contribution >= 0.6 is 0 Å². The van der Waals surface area contributed by atoms with Crippen LogP contribution in [0.4, 0.5) is 0 Å². The molecule has 3 aromatic rings. The van der Waals surface area contributed by atoms with Gasteiger partial charge in [-0.25, -0.2) is 4.98 Å². The molecule has 0 aromatic carbocycles. The number of H-pyrrole nitrogens is 2. The van der Waals surface area contributed by atoms with Crippen LogP contribution in [0.2, 0.25) is 0 Å². The summed E-state index contributed by atoms with van der Waals surface area (Å²) in [7, 11) is 0. The van der Waals surface area contributed by atoms with Crippen LogP contribution < -0.4 is 0 Å². The lowest BCUT2D eigenvalue weighted by atomic mass is 10.0. The number of rotatable bonds is 5. The van der Waals surface area contributed by atoms with Crippen LogP contribution in [0.15, 0.2) is 36.7 Å². The predicted molar refractivity (Wildman–Crippen MR) is 97.3 cm³/mol. The van der Waals surface area contributed by atoms with Crippen molar-refractivity contribution < 1.29 is 0 Å². The van der Waals surface area contributed by atoms with Crippen molar-refractivity contribution in [2.24, 2.45) is 0 Å². The van der Waals surface area contributed by atoms with Crippen LogP contribution in [-0.4, -0.2) is 25.6 Å². The molecule has 3 rings (SSSR count). The average Bonchev–Trinajstić information content (AvgIpc) is 3.20. The van der Waals surface area contributed by atoms with E-state index in [-0.39, 0.29) is 0 Å². The number of aryl methyl sites for hydroxylation is 3. The van der Waals surface area contributed by atoms with E-state index in [0.717, 1.165) is 46.1 Å². The van der Waals surface area contributed by atoms with Gasteiger partial charge in [0, 0.05) is 29.3 Å². The minimum absolute atomic E-state index is 0.417. The number of aromatic amines is 2. The summed E-state index contributed by atoms with van der Waals surface area (Å²) >= 11 is 0. The Kier molecular flexibility index (Phi) is 4.42.